The van der Waals surface area contributed by atoms with Gasteiger partial charge in [-0.05, 0) is 13.8 Å². The van der Waals surface area contributed by atoms with Gasteiger partial charge in [-0.2, -0.15) is 9.97 Å². The Balaban J connectivity index is 1.58. The highest BCUT2D eigenvalue weighted by atomic mass is 79.9. The molecule has 0 amide bonds. The highest BCUT2D eigenvalue weighted by molar-refractivity contribution is 9.09. The van der Waals surface area contributed by atoms with Gasteiger partial charge in [-0.25, -0.2) is 9.78 Å². The zero-order valence-electron chi connectivity index (χ0n) is 17.6. The fourth-order valence-electron chi connectivity index (χ4n) is 3.58. The van der Waals surface area contributed by atoms with Crippen LogP contribution in [-0.4, -0.2) is 66.7 Å². The maximum atomic E-state index is 12.0. The number of rotatable bonds is 5. The summed E-state index contributed by atoms with van der Waals surface area (Å²) in [6.45, 7) is 5.80. The SMILES string of the molecule is CC(=O)O[C@H]1[C@H](Br)[C@H](n2cnc3c(Cl)nc(N)nc32)O[C@@H]1COC1(C)OC(=O)C(C)(C)O1. The molecular formula is C18H21BrClN5O7. The molecular weight excluding hydrogens is 514 g/mol. The summed E-state index contributed by atoms with van der Waals surface area (Å²) in [5.74, 6) is -2.70. The Kier molecular flexibility index (Phi) is 5.82. The number of imidazole rings is 1. The Morgan fingerprint density at radius 2 is 2.09 bits per heavy atom. The minimum absolute atomic E-state index is 0.0273. The van der Waals surface area contributed by atoms with Crippen LogP contribution in [0.4, 0.5) is 5.95 Å². The predicted octanol–water partition coefficient (Wildman–Crippen LogP) is 1.70. The van der Waals surface area contributed by atoms with E-state index >= 15 is 0 Å². The number of carbonyl (C=O) groups is 2. The molecule has 1 unspecified atom stereocenters. The number of nitrogen functional groups attached to an aromatic ring is 1. The summed E-state index contributed by atoms with van der Waals surface area (Å²) in [7, 11) is 0. The number of hydrogen-bond acceptors (Lipinski definition) is 11. The van der Waals surface area contributed by atoms with E-state index in [-0.39, 0.29) is 17.7 Å². The van der Waals surface area contributed by atoms with Crippen LogP contribution in [0.25, 0.3) is 11.2 Å². The summed E-state index contributed by atoms with van der Waals surface area (Å²) in [5, 5.41) is 0.0996. The molecule has 12 nitrogen and oxygen atoms in total. The Bertz CT molecular complexity index is 1080. The molecule has 0 saturated carbocycles. The van der Waals surface area contributed by atoms with E-state index in [1.54, 1.807) is 18.4 Å². The molecule has 2 aliphatic rings. The van der Waals surface area contributed by atoms with Gasteiger partial charge in [-0.15, -0.1) is 0 Å². The fraction of sp³-hybridized carbons (Fsp3) is 0.611. The summed E-state index contributed by atoms with van der Waals surface area (Å²) in [5.41, 5.74) is 5.26. The van der Waals surface area contributed by atoms with Crippen molar-refractivity contribution in [2.24, 2.45) is 0 Å². The molecule has 32 heavy (non-hydrogen) atoms. The van der Waals surface area contributed by atoms with Gasteiger partial charge < -0.3 is 24.7 Å². The van der Waals surface area contributed by atoms with Gasteiger partial charge in [0.25, 0.3) is 0 Å². The number of nitrogens with zero attached hydrogens (tertiary/aromatic N) is 4. The molecule has 0 radical (unpaired) electrons. The number of carbonyl (C=O) groups excluding carboxylic acids is 2. The number of cyclic esters (lactones) is 1. The van der Waals surface area contributed by atoms with Crippen molar-refractivity contribution in [3.8, 4) is 0 Å². The van der Waals surface area contributed by atoms with Crippen LogP contribution in [0.15, 0.2) is 6.33 Å². The highest BCUT2D eigenvalue weighted by Gasteiger charge is 2.53. The molecule has 2 aromatic rings. The number of hydrogen-bond donors (Lipinski definition) is 1. The number of anilines is 1. The second-order valence-corrected chi connectivity index (χ2v) is 9.37. The van der Waals surface area contributed by atoms with E-state index in [4.69, 9.17) is 41.0 Å². The third-order valence-corrected chi connectivity index (χ3v) is 6.20. The van der Waals surface area contributed by atoms with E-state index in [0.29, 0.717) is 11.2 Å². The van der Waals surface area contributed by atoms with Crippen LogP contribution in [0.3, 0.4) is 0 Å². The Morgan fingerprint density at radius 3 is 2.72 bits per heavy atom. The predicted molar refractivity (Wildman–Crippen MR) is 113 cm³/mol. The minimum atomic E-state index is -1.61. The molecule has 4 rings (SSSR count). The quantitative estimate of drug-likeness (QED) is 0.339. The Morgan fingerprint density at radius 1 is 1.38 bits per heavy atom. The van der Waals surface area contributed by atoms with Crippen molar-refractivity contribution in [3.63, 3.8) is 0 Å². The van der Waals surface area contributed by atoms with Crippen LogP contribution in [0.2, 0.25) is 5.15 Å². The minimum Gasteiger partial charge on any atom is -0.458 e. The average molecular weight is 535 g/mol. The van der Waals surface area contributed by atoms with Gasteiger partial charge in [-0.3, -0.25) is 14.1 Å². The second kappa shape index (κ2) is 8.06. The summed E-state index contributed by atoms with van der Waals surface area (Å²) < 4.78 is 29.8. The van der Waals surface area contributed by atoms with Crippen LogP contribution >= 0.6 is 27.5 Å². The standard InChI is InChI=1S/C18H21BrClN5O7/c1-7(26)29-11-8(5-28-18(4)31-15(27)17(2,3)32-18)30-14(9(11)19)25-6-22-10-12(20)23-16(21)24-13(10)25/h6,8-9,11,14H,5H2,1-4H3,(H2,21,23,24)/t8-,9+,11-,14-,18?/m1/s1. The summed E-state index contributed by atoms with van der Waals surface area (Å²) in [6.07, 6.45) is -0.732. The second-order valence-electron chi connectivity index (χ2n) is 7.96. The lowest BCUT2D eigenvalue weighted by molar-refractivity contribution is -0.336. The molecule has 0 aliphatic carbocycles. The number of alkyl halides is 1. The Hall–Kier alpha value is -2.06. The Labute approximate surface area is 195 Å². The molecule has 2 fully saturated rings. The van der Waals surface area contributed by atoms with Gasteiger partial charge in [0, 0.05) is 13.8 Å². The van der Waals surface area contributed by atoms with E-state index in [9.17, 15) is 9.59 Å². The van der Waals surface area contributed by atoms with Crippen LogP contribution in [0, 0.1) is 0 Å². The smallest absolute Gasteiger partial charge is 0.342 e. The number of ether oxygens (including phenoxy) is 5. The third kappa shape index (κ3) is 4.15. The van der Waals surface area contributed by atoms with Crippen molar-refractivity contribution < 1.29 is 33.3 Å². The van der Waals surface area contributed by atoms with Gasteiger partial charge in [0.2, 0.25) is 5.95 Å². The third-order valence-electron chi connectivity index (χ3n) is 4.96. The van der Waals surface area contributed by atoms with Crippen molar-refractivity contribution in [1.82, 2.24) is 19.5 Å². The number of nitrogens with two attached hydrogens (primary N) is 1. The molecule has 14 heteroatoms. The van der Waals surface area contributed by atoms with E-state index in [2.05, 4.69) is 30.9 Å². The molecule has 2 N–H and O–H groups in total. The molecule has 2 aliphatic heterocycles. The first-order valence-electron chi connectivity index (χ1n) is 9.60. The lowest BCUT2D eigenvalue weighted by Gasteiger charge is -2.26. The van der Waals surface area contributed by atoms with Crippen molar-refractivity contribution in [2.45, 2.75) is 62.5 Å². The van der Waals surface area contributed by atoms with E-state index in [1.165, 1.54) is 20.2 Å². The first kappa shape index (κ1) is 23.1. The topological polar surface area (TPSA) is 150 Å². The average Bonchev–Trinajstić information content (AvgIpc) is 3.27. The lowest BCUT2D eigenvalue weighted by Crippen LogP contribution is -2.40. The maximum absolute atomic E-state index is 12.0. The number of aromatic nitrogens is 4. The monoisotopic (exact) mass is 533 g/mol. The van der Waals surface area contributed by atoms with Gasteiger partial charge in [0.1, 0.15) is 17.7 Å². The summed E-state index contributed by atoms with van der Waals surface area (Å²) in [6, 6.07) is 0. The summed E-state index contributed by atoms with van der Waals surface area (Å²) in [4.78, 5) is 35.5. The van der Waals surface area contributed by atoms with E-state index in [1.807, 2.05) is 0 Å². The number of fused-ring (bicyclic) bond motifs is 1. The molecule has 5 atom stereocenters. The number of esters is 2. The van der Waals surface area contributed by atoms with E-state index < -0.39 is 46.8 Å². The van der Waals surface area contributed by atoms with E-state index in [0.717, 1.165) is 0 Å². The van der Waals surface area contributed by atoms with Gasteiger partial charge in [0.15, 0.2) is 22.6 Å². The van der Waals surface area contributed by atoms with Gasteiger partial charge in [-0.1, -0.05) is 27.5 Å². The molecule has 4 heterocycles. The van der Waals surface area contributed by atoms with Crippen LogP contribution in [-0.2, 0) is 33.3 Å². The first-order chi connectivity index (χ1) is 14.9. The maximum Gasteiger partial charge on any atom is 0.342 e. The molecule has 2 aromatic heterocycles. The first-order valence-corrected chi connectivity index (χ1v) is 10.9. The number of halogens is 2. The zero-order chi connectivity index (χ0) is 23.4. The molecule has 0 spiro atoms. The van der Waals surface area contributed by atoms with Crippen LogP contribution in [0.5, 0.6) is 0 Å². The fourth-order valence-corrected chi connectivity index (χ4v) is 4.63. The molecule has 174 valence electrons. The van der Waals surface area contributed by atoms with Crippen LogP contribution < -0.4 is 5.73 Å². The molecule has 0 aromatic carbocycles. The molecule has 2 saturated heterocycles. The summed E-state index contributed by atoms with van der Waals surface area (Å²) >= 11 is 9.66. The van der Waals surface area contributed by atoms with Crippen LogP contribution in [0.1, 0.15) is 33.9 Å². The van der Waals surface area contributed by atoms with Crippen molar-refractivity contribution >= 4 is 56.6 Å². The van der Waals surface area contributed by atoms with Crippen molar-refractivity contribution in [3.05, 3.63) is 11.5 Å². The largest absolute Gasteiger partial charge is 0.458 e. The van der Waals surface area contributed by atoms with Gasteiger partial charge >= 0.3 is 17.9 Å². The molecule has 0 bridgehead atoms. The zero-order valence-corrected chi connectivity index (χ0v) is 19.9. The normalized spacial score (nSPS) is 31.8. The highest BCUT2D eigenvalue weighted by Crippen LogP contribution is 2.40. The van der Waals surface area contributed by atoms with Crippen molar-refractivity contribution in [2.75, 3.05) is 12.3 Å². The van der Waals surface area contributed by atoms with Crippen molar-refractivity contribution in [1.29, 1.82) is 0 Å². The van der Waals surface area contributed by atoms with Gasteiger partial charge in [0.05, 0.1) is 17.8 Å². The lowest BCUT2D eigenvalue weighted by atomic mass is 10.1.